The van der Waals surface area contributed by atoms with E-state index in [4.69, 9.17) is 11.6 Å². The van der Waals surface area contributed by atoms with Crippen molar-refractivity contribution in [3.63, 3.8) is 0 Å². The van der Waals surface area contributed by atoms with Crippen LogP contribution in [0.25, 0.3) is 0 Å². The number of pyridine rings is 1. The highest BCUT2D eigenvalue weighted by atomic mass is 35.5. The summed E-state index contributed by atoms with van der Waals surface area (Å²) in [6.07, 6.45) is 2.49. The van der Waals surface area contributed by atoms with E-state index in [0.29, 0.717) is 11.7 Å². The highest BCUT2D eigenvalue weighted by Gasteiger charge is 1.94. The summed E-state index contributed by atoms with van der Waals surface area (Å²) in [6, 6.07) is 3.64. The summed E-state index contributed by atoms with van der Waals surface area (Å²) in [5.74, 6) is -0.0121. The van der Waals surface area contributed by atoms with Crippen LogP contribution < -0.4 is 5.32 Å². The van der Waals surface area contributed by atoms with Gasteiger partial charge in [-0.25, -0.2) is 4.98 Å². The Morgan fingerprint density at radius 3 is 2.92 bits per heavy atom. The van der Waals surface area contributed by atoms with Crippen molar-refractivity contribution in [1.82, 2.24) is 10.3 Å². The minimum absolute atomic E-state index is 0.0121. The topological polar surface area (TPSA) is 42.0 Å². The molecule has 3 nitrogen and oxygen atoms in total. The third-order valence-electron chi connectivity index (χ3n) is 1.58. The molecular weight excluding hydrogens is 188 g/mol. The van der Waals surface area contributed by atoms with Gasteiger partial charge < -0.3 is 5.32 Å². The first kappa shape index (κ1) is 9.99. The highest BCUT2D eigenvalue weighted by Crippen LogP contribution is 2.04. The molecule has 0 bridgehead atoms. The number of hydrogen-bond donors (Lipinski definition) is 1. The van der Waals surface area contributed by atoms with Gasteiger partial charge in [-0.1, -0.05) is 17.7 Å². The van der Waals surface area contributed by atoms with E-state index >= 15 is 0 Å². The van der Waals surface area contributed by atoms with E-state index in [1.165, 1.54) is 6.92 Å². The molecule has 0 atom stereocenters. The third kappa shape index (κ3) is 3.90. The zero-order chi connectivity index (χ0) is 9.68. The Morgan fingerprint density at radius 2 is 2.38 bits per heavy atom. The molecule has 0 aliphatic heterocycles. The molecular formula is C9H11ClN2O. The molecule has 1 heterocycles. The zero-order valence-corrected chi connectivity index (χ0v) is 8.14. The highest BCUT2D eigenvalue weighted by molar-refractivity contribution is 6.29. The molecule has 0 saturated heterocycles. The average molecular weight is 199 g/mol. The van der Waals surface area contributed by atoms with Gasteiger partial charge in [-0.2, -0.15) is 0 Å². The smallest absolute Gasteiger partial charge is 0.216 e. The fourth-order valence-electron chi connectivity index (χ4n) is 0.937. The summed E-state index contributed by atoms with van der Waals surface area (Å²) >= 11 is 5.62. The fraction of sp³-hybridized carbons (Fsp3) is 0.333. The molecule has 0 aromatic carbocycles. The molecule has 13 heavy (non-hydrogen) atoms. The van der Waals surface area contributed by atoms with Gasteiger partial charge in [0.1, 0.15) is 5.15 Å². The number of hydrogen-bond acceptors (Lipinski definition) is 2. The van der Waals surface area contributed by atoms with Gasteiger partial charge >= 0.3 is 0 Å². The first-order valence-corrected chi connectivity index (χ1v) is 4.41. The normalized spacial score (nSPS) is 9.69. The lowest BCUT2D eigenvalue weighted by Crippen LogP contribution is -2.22. The molecule has 4 heteroatoms. The quantitative estimate of drug-likeness (QED) is 0.747. The molecule has 1 amide bonds. The van der Waals surface area contributed by atoms with Crippen molar-refractivity contribution in [3.05, 3.63) is 29.0 Å². The molecule has 1 aromatic rings. The van der Waals surface area contributed by atoms with Gasteiger partial charge in [0.25, 0.3) is 0 Å². The summed E-state index contributed by atoms with van der Waals surface area (Å²) in [5.41, 5.74) is 1.07. The summed E-state index contributed by atoms with van der Waals surface area (Å²) < 4.78 is 0. The molecule has 0 radical (unpaired) electrons. The Morgan fingerprint density at radius 1 is 1.62 bits per heavy atom. The van der Waals surface area contributed by atoms with Gasteiger partial charge in [-0.15, -0.1) is 0 Å². The van der Waals surface area contributed by atoms with Crippen molar-refractivity contribution >= 4 is 17.5 Å². The van der Waals surface area contributed by atoms with Crippen molar-refractivity contribution in [3.8, 4) is 0 Å². The van der Waals surface area contributed by atoms with Crippen LogP contribution in [0.4, 0.5) is 0 Å². The molecule has 0 saturated carbocycles. The van der Waals surface area contributed by atoms with Crippen LogP contribution in [0, 0.1) is 0 Å². The molecule has 0 aliphatic rings. The second kappa shape index (κ2) is 4.82. The molecule has 0 fully saturated rings. The first-order chi connectivity index (χ1) is 6.18. The van der Waals surface area contributed by atoms with Crippen molar-refractivity contribution in [2.24, 2.45) is 0 Å². The van der Waals surface area contributed by atoms with E-state index in [1.54, 1.807) is 12.3 Å². The van der Waals surface area contributed by atoms with Gasteiger partial charge in [0, 0.05) is 19.7 Å². The summed E-state index contributed by atoms with van der Waals surface area (Å²) in [6.45, 7) is 2.14. The zero-order valence-electron chi connectivity index (χ0n) is 7.38. The lowest BCUT2D eigenvalue weighted by Gasteiger charge is -2.01. The molecule has 0 aliphatic carbocycles. The van der Waals surface area contributed by atoms with E-state index in [1.807, 2.05) is 6.07 Å². The maximum Gasteiger partial charge on any atom is 0.216 e. The lowest BCUT2D eigenvalue weighted by molar-refractivity contribution is -0.118. The van der Waals surface area contributed by atoms with E-state index in [2.05, 4.69) is 10.3 Å². The van der Waals surface area contributed by atoms with Crippen molar-refractivity contribution in [2.45, 2.75) is 13.3 Å². The number of carbonyl (C=O) groups excluding carboxylic acids is 1. The number of aromatic nitrogens is 1. The second-order valence-corrected chi connectivity index (χ2v) is 3.11. The largest absolute Gasteiger partial charge is 0.356 e. The minimum atomic E-state index is -0.0121. The molecule has 0 spiro atoms. The predicted molar refractivity (Wildman–Crippen MR) is 51.6 cm³/mol. The maximum absolute atomic E-state index is 10.5. The summed E-state index contributed by atoms with van der Waals surface area (Å²) in [5, 5.41) is 3.20. The Labute approximate surface area is 82.1 Å². The number of rotatable bonds is 3. The van der Waals surface area contributed by atoms with E-state index in [0.717, 1.165) is 12.0 Å². The Hall–Kier alpha value is -1.09. The minimum Gasteiger partial charge on any atom is -0.356 e. The van der Waals surface area contributed by atoms with Crippen molar-refractivity contribution in [1.29, 1.82) is 0 Å². The molecule has 1 N–H and O–H groups in total. The van der Waals surface area contributed by atoms with Gasteiger partial charge in [-0.05, 0) is 18.1 Å². The molecule has 0 unspecified atom stereocenters. The number of nitrogens with zero attached hydrogens (tertiary/aromatic N) is 1. The Kier molecular flexibility index (Phi) is 3.71. The van der Waals surface area contributed by atoms with Gasteiger partial charge in [0.2, 0.25) is 5.91 Å². The van der Waals surface area contributed by atoms with Gasteiger partial charge in [0.15, 0.2) is 0 Å². The average Bonchev–Trinajstić information content (AvgIpc) is 2.08. The van der Waals surface area contributed by atoms with Crippen molar-refractivity contribution < 1.29 is 4.79 Å². The fourth-order valence-corrected chi connectivity index (χ4v) is 1.05. The van der Waals surface area contributed by atoms with Crippen LogP contribution >= 0.6 is 11.6 Å². The maximum atomic E-state index is 10.5. The van der Waals surface area contributed by atoms with Crippen LogP contribution in [0.1, 0.15) is 12.5 Å². The van der Waals surface area contributed by atoms with Crippen LogP contribution in [0.2, 0.25) is 5.15 Å². The summed E-state index contributed by atoms with van der Waals surface area (Å²) in [7, 11) is 0. The van der Waals surface area contributed by atoms with E-state index in [-0.39, 0.29) is 5.91 Å². The van der Waals surface area contributed by atoms with Crippen molar-refractivity contribution in [2.75, 3.05) is 6.54 Å². The standard InChI is InChI=1S/C9H11ClN2O/c1-7(13)11-5-4-8-2-3-9(10)12-6-8/h2-3,6H,4-5H2,1H3,(H,11,13). The van der Waals surface area contributed by atoms with Crippen LogP contribution in [-0.4, -0.2) is 17.4 Å². The SMILES string of the molecule is CC(=O)NCCc1ccc(Cl)nc1. The van der Waals surface area contributed by atoms with Crippen LogP contribution in [0.3, 0.4) is 0 Å². The number of halogens is 1. The number of nitrogens with one attached hydrogen (secondary N) is 1. The third-order valence-corrected chi connectivity index (χ3v) is 1.80. The summed E-state index contributed by atoms with van der Waals surface area (Å²) in [4.78, 5) is 14.5. The second-order valence-electron chi connectivity index (χ2n) is 2.72. The Balaban J connectivity index is 2.37. The van der Waals surface area contributed by atoms with E-state index in [9.17, 15) is 4.79 Å². The number of amides is 1. The molecule has 1 rings (SSSR count). The first-order valence-electron chi connectivity index (χ1n) is 4.03. The van der Waals surface area contributed by atoms with Crippen LogP contribution in [0.5, 0.6) is 0 Å². The van der Waals surface area contributed by atoms with Crippen LogP contribution in [0.15, 0.2) is 18.3 Å². The van der Waals surface area contributed by atoms with E-state index < -0.39 is 0 Å². The number of carbonyl (C=O) groups is 1. The monoisotopic (exact) mass is 198 g/mol. The predicted octanol–water partition coefficient (Wildman–Crippen LogP) is 1.41. The van der Waals surface area contributed by atoms with Crippen LogP contribution in [-0.2, 0) is 11.2 Å². The lowest BCUT2D eigenvalue weighted by atomic mass is 10.2. The van der Waals surface area contributed by atoms with Gasteiger partial charge in [0.05, 0.1) is 0 Å². The van der Waals surface area contributed by atoms with Gasteiger partial charge in [-0.3, -0.25) is 4.79 Å². The molecule has 70 valence electrons. The molecule has 1 aromatic heterocycles. The Bertz CT molecular complexity index is 284.